The van der Waals surface area contributed by atoms with Gasteiger partial charge in [0.05, 0.1) is 11.3 Å². The van der Waals surface area contributed by atoms with E-state index in [-0.39, 0.29) is 22.9 Å². The summed E-state index contributed by atoms with van der Waals surface area (Å²) in [5.74, 6) is -0.125. The van der Waals surface area contributed by atoms with Crippen molar-refractivity contribution in [2.45, 2.75) is 37.2 Å². The summed E-state index contributed by atoms with van der Waals surface area (Å²) in [5.41, 5.74) is -0.360. The van der Waals surface area contributed by atoms with E-state index in [1.807, 2.05) is 6.92 Å². The van der Waals surface area contributed by atoms with Gasteiger partial charge in [-0.1, -0.05) is 0 Å². The molecule has 11 heavy (non-hydrogen) atoms. The van der Waals surface area contributed by atoms with Crippen LogP contribution in [-0.2, 0) is 9.53 Å². The summed E-state index contributed by atoms with van der Waals surface area (Å²) >= 11 is 6.07. The van der Waals surface area contributed by atoms with E-state index in [9.17, 15) is 4.79 Å². The monoisotopic (exact) mass is 174 g/mol. The van der Waals surface area contributed by atoms with Crippen molar-refractivity contribution < 1.29 is 9.53 Å². The number of carbonyl (C=O) groups excluding carboxylic acids is 1. The van der Waals surface area contributed by atoms with Crippen LogP contribution in [0.1, 0.15) is 26.2 Å². The predicted octanol–water partition coefficient (Wildman–Crippen LogP) is 1.71. The normalized spacial score (nSPS) is 49.1. The van der Waals surface area contributed by atoms with Crippen LogP contribution in [0.15, 0.2) is 0 Å². The maximum absolute atomic E-state index is 11.2. The molecule has 1 aliphatic heterocycles. The maximum atomic E-state index is 11.2. The molecule has 0 N–H and O–H groups in total. The first kappa shape index (κ1) is 7.41. The Morgan fingerprint density at radius 2 is 2.45 bits per heavy atom. The minimum atomic E-state index is -0.360. The second kappa shape index (κ2) is 2.13. The first-order valence-corrected chi connectivity index (χ1v) is 4.44. The lowest BCUT2D eigenvalue weighted by molar-refractivity contribution is -0.148. The van der Waals surface area contributed by atoms with Gasteiger partial charge in [-0.2, -0.15) is 0 Å². The summed E-state index contributed by atoms with van der Waals surface area (Å²) in [6.07, 6.45) is 2.89. The molecule has 2 nitrogen and oxygen atoms in total. The smallest absolute Gasteiger partial charge is 0.311 e. The van der Waals surface area contributed by atoms with Crippen molar-refractivity contribution in [2.75, 3.05) is 0 Å². The summed E-state index contributed by atoms with van der Waals surface area (Å²) in [6.45, 7) is 1.93. The number of alkyl halides is 1. The minimum absolute atomic E-state index is 0.0320. The highest BCUT2D eigenvalue weighted by molar-refractivity contribution is 6.23. The molecule has 2 fully saturated rings. The molecule has 0 radical (unpaired) electrons. The fourth-order valence-electron chi connectivity index (χ4n) is 2.03. The molecule has 1 heterocycles. The van der Waals surface area contributed by atoms with Crippen LogP contribution in [0.5, 0.6) is 0 Å². The third kappa shape index (κ3) is 0.886. The van der Waals surface area contributed by atoms with Gasteiger partial charge in [0.15, 0.2) is 0 Å². The van der Waals surface area contributed by atoms with Crippen LogP contribution < -0.4 is 0 Å². The second-order valence-corrected chi connectivity index (χ2v) is 4.10. The zero-order valence-corrected chi connectivity index (χ0v) is 7.23. The Morgan fingerprint density at radius 1 is 1.73 bits per heavy atom. The number of rotatable bonds is 0. The van der Waals surface area contributed by atoms with Gasteiger partial charge >= 0.3 is 5.97 Å². The van der Waals surface area contributed by atoms with Gasteiger partial charge < -0.3 is 4.74 Å². The average Bonchev–Trinajstić information content (AvgIpc) is 2.13. The van der Waals surface area contributed by atoms with E-state index >= 15 is 0 Å². The molecule has 0 spiro atoms. The first-order chi connectivity index (χ1) is 5.13. The lowest BCUT2D eigenvalue weighted by atomic mass is 9.82. The maximum Gasteiger partial charge on any atom is 0.311 e. The Bertz CT molecular complexity index is 204. The fourth-order valence-corrected chi connectivity index (χ4v) is 2.42. The summed E-state index contributed by atoms with van der Waals surface area (Å²) < 4.78 is 5.21. The SMILES string of the molecule is C[C@@]12CCC[C@@H](C(=O)O1)[C@H]2Cl. The number of carbonyl (C=O) groups is 1. The van der Waals surface area contributed by atoms with Crippen molar-refractivity contribution in [3.05, 3.63) is 0 Å². The van der Waals surface area contributed by atoms with Crippen molar-refractivity contribution in [3.8, 4) is 0 Å². The van der Waals surface area contributed by atoms with Crippen LogP contribution in [0.2, 0.25) is 0 Å². The molecule has 1 saturated heterocycles. The van der Waals surface area contributed by atoms with Crippen LogP contribution in [0.25, 0.3) is 0 Å². The summed E-state index contributed by atoms with van der Waals surface area (Å²) in [4.78, 5) is 11.2. The lowest BCUT2D eigenvalue weighted by Gasteiger charge is -2.30. The predicted molar refractivity (Wildman–Crippen MR) is 41.5 cm³/mol. The summed E-state index contributed by atoms with van der Waals surface area (Å²) in [6, 6.07) is 0. The van der Waals surface area contributed by atoms with Crippen molar-refractivity contribution in [1.82, 2.24) is 0 Å². The van der Waals surface area contributed by atoms with Crippen LogP contribution in [0.3, 0.4) is 0 Å². The van der Waals surface area contributed by atoms with Gasteiger partial charge in [-0.25, -0.2) is 0 Å². The molecule has 2 bridgehead atoms. The van der Waals surface area contributed by atoms with Gasteiger partial charge in [0.1, 0.15) is 5.60 Å². The molecule has 3 atom stereocenters. The average molecular weight is 175 g/mol. The first-order valence-electron chi connectivity index (χ1n) is 4.00. The molecule has 0 aromatic heterocycles. The molecule has 0 aromatic carbocycles. The van der Waals surface area contributed by atoms with E-state index in [0.717, 1.165) is 19.3 Å². The highest BCUT2D eigenvalue weighted by atomic mass is 35.5. The quantitative estimate of drug-likeness (QED) is 0.413. The van der Waals surface area contributed by atoms with Gasteiger partial charge in [-0.05, 0) is 26.2 Å². The van der Waals surface area contributed by atoms with Crippen LogP contribution in [0, 0.1) is 5.92 Å². The zero-order chi connectivity index (χ0) is 8.06. The second-order valence-electron chi connectivity index (χ2n) is 3.63. The molecule has 0 amide bonds. The highest BCUT2D eigenvalue weighted by Gasteiger charge is 2.54. The lowest BCUT2D eigenvalue weighted by Crippen LogP contribution is -2.37. The van der Waals surface area contributed by atoms with Crippen molar-refractivity contribution in [3.63, 3.8) is 0 Å². The molecule has 1 saturated carbocycles. The topological polar surface area (TPSA) is 26.3 Å². The van der Waals surface area contributed by atoms with E-state index in [4.69, 9.17) is 16.3 Å². The molecule has 0 unspecified atom stereocenters. The van der Waals surface area contributed by atoms with Gasteiger partial charge in [-0.15, -0.1) is 11.6 Å². The summed E-state index contributed by atoms with van der Waals surface area (Å²) in [7, 11) is 0. The Hall–Kier alpha value is -0.240. The van der Waals surface area contributed by atoms with E-state index in [2.05, 4.69) is 0 Å². The third-order valence-electron chi connectivity index (χ3n) is 2.76. The molecule has 3 heteroatoms. The number of halogens is 1. The van der Waals surface area contributed by atoms with Gasteiger partial charge in [0.2, 0.25) is 0 Å². The highest BCUT2D eigenvalue weighted by Crippen LogP contribution is 2.45. The molecule has 0 aromatic rings. The zero-order valence-electron chi connectivity index (χ0n) is 6.47. The van der Waals surface area contributed by atoms with E-state index in [0.29, 0.717) is 0 Å². The standard InChI is InChI=1S/C8H11ClO2/c1-8-4-2-3-5(6(8)9)7(10)11-8/h5-6H,2-4H2,1H3/t5-,6-,8+/m1/s1. The van der Waals surface area contributed by atoms with Crippen LogP contribution >= 0.6 is 11.6 Å². The van der Waals surface area contributed by atoms with Crippen LogP contribution in [0.4, 0.5) is 0 Å². The van der Waals surface area contributed by atoms with Gasteiger partial charge in [0.25, 0.3) is 0 Å². The number of hydrogen-bond donors (Lipinski definition) is 0. The summed E-state index contributed by atoms with van der Waals surface area (Å²) in [5, 5.41) is -0.0938. The number of hydrogen-bond acceptors (Lipinski definition) is 2. The van der Waals surface area contributed by atoms with E-state index in [1.54, 1.807) is 0 Å². The Balaban J connectivity index is 2.31. The minimum Gasteiger partial charge on any atom is -0.458 e. The van der Waals surface area contributed by atoms with Gasteiger partial charge in [-0.3, -0.25) is 4.79 Å². The van der Waals surface area contributed by atoms with Gasteiger partial charge in [0, 0.05) is 0 Å². The molecular formula is C8H11ClO2. The number of fused-ring (bicyclic) bond motifs is 2. The Morgan fingerprint density at radius 3 is 3.00 bits per heavy atom. The number of ether oxygens (including phenoxy) is 1. The van der Waals surface area contributed by atoms with E-state index in [1.165, 1.54) is 0 Å². The molecule has 1 aliphatic carbocycles. The molecule has 2 aliphatic rings. The van der Waals surface area contributed by atoms with Crippen LogP contribution in [-0.4, -0.2) is 16.9 Å². The Kier molecular flexibility index (Phi) is 1.43. The number of esters is 1. The molecule has 62 valence electrons. The Labute approximate surface area is 70.9 Å². The third-order valence-corrected chi connectivity index (χ3v) is 3.53. The van der Waals surface area contributed by atoms with E-state index < -0.39 is 0 Å². The fraction of sp³-hybridized carbons (Fsp3) is 0.875. The van der Waals surface area contributed by atoms with Crippen molar-refractivity contribution in [2.24, 2.45) is 5.92 Å². The van der Waals surface area contributed by atoms with Crippen molar-refractivity contribution in [1.29, 1.82) is 0 Å². The van der Waals surface area contributed by atoms with Crippen molar-refractivity contribution >= 4 is 17.6 Å². The molecular weight excluding hydrogens is 164 g/mol. The molecule has 2 rings (SSSR count). The largest absolute Gasteiger partial charge is 0.458 e.